The highest BCUT2D eigenvalue weighted by Crippen LogP contribution is 2.37. The van der Waals surface area contributed by atoms with Crippen LogP contribution in [0.2, 0.25) is 0 Å². The number of carbonyl (C=O) groups excluding carboxylic acids is 1. The number of benzene rings is 1. The lowest BCUT2D eigenvalue weighted by atomic mass is 9.85. The summed E-state index contributed by atoms with van der Waals surface area (Å²) in [7, 11) is 0. The summed E-state index contributed by atoms with van der Waals surface area (Å²) in [5, 5.41) is 3.82. The fourth-order valence-electron chi connectivity index (χ4n) is 3.50. The number of hydrogen-bond acceptors (Lipinski definition) is 4. The number of fused-ring (bicyclic) bond motifs is 2. The molecular formula is C20H20BrN3OS. The molecule has 1 aliphatic carbocycles. The fraction of sp³-hybridized carbons (Fsp3) is 0.300. The van der Waals surface area contributed by atoms with Crippen LogP contribution in [-0.4, -0.2) is 10.9 Å². The van der Waals surface area contributed by atoms with E-state index in [-0.39, 0.29) is 5.91 Å². The van der Waals surface area contributed by atoms with Crippen LogP contribution in [0, 0.1) is 5.92 Å². The zero-order valence-electron chi connectivity index (χ0n) is 14.5. The first-order valence-corrected chi connectivity index (χ1v) is 10.4. The Labute approximate surface area is 164 Å². The number of rotatable bonds is 3. The van der Waals surface area contributed by atoms with E-state index in [1.807, 2.05) is 24.3 Å². The summed E-state index contributed by atoms with van der Waals surface area (Å²) in [6.45, 7) is 2.24. The van der Waals surface area contributed by atoms with E-state index in [0.717, 1.165) is 39.1 Å². The zero-order valence-corrected chi connectivity index (χ0v) is 16.9. The van der Waals surface area contributed by atoms with Crippen molar-refractivity contribution in [3.63, 3.8) is 0 Å². The van der Waals surface area contributed by atoms with Crippen LogP contribution < -0.4 is 11.1 Å². The Morgan fingerprint density at radius 1 is 1.38 bits per heavy atom. The Balaban J connectivity index is 1.67. The van der Waals surface area contributed by atoms with Gasteiger partial charge in [-0.1, -0.05) is 29.3 Å². The number of anilines is 2. The number of aromatic nitrogens is 1. The van der Waals surface area contributed by atoms with Crippen LogP contribution in [0.3, 0.4) is 0 Å². The van der Waals surface area contributed by atoms with Gasteiger partial charge < -0.3 is 11.1 Å². The monoisotopic (exact) mass is 429 g/mol. The molecule has 1 unspecified atom stereocenters. The van der Waals surface area contributed by atoms with Crippen molar-refractivity contribution in [2.75, 3.05) is 11.1 Å². The first kappa shape index (κ1) is 17.5. The fourth-order valence-corrected chi connectivity index (χ4v) is 4.76. The van der Waals surface area contributed by atoms with E-state index in [1.165, 1.54) is 35.4 Å². The highest BCUT2D eigenvalue weighted by Gasteiger charge is 2.23. The predicted octanol–water partition coefficient (Wildman–Crippen LogP) is 5.41. The number of nitrogen functional groups attached to an aromatic ring is 1. The lowest BCUT2D eigenvalue weighted by molar-refractivity contribution is 0.103. The number of nitrogens with one attached hydrogen (secondary N) is 1. The minimum absolute atomic E-state index is 0.183. The lowest BCUT2D eigenvalue weighted by Gasteiger charge is -2.22. The third-order valence-corrected chi connectivity index (χ3v) is 6.72. The first-order chi connectivity index (χ1) is 12.5. The highest BCUT2D eigenvalue weighted by atomic mass is 79.9. The number of hydrogen-bond donors (Lipinski definition) is 2. The molecule has 0 saturated carbocycles. The van der Waals surface area contributed by atoms with Crippen molar-refractivity contribution < 1.29 is 4.79 Å². The summed E-state index contributed by atoms with van der Waals surface area (Å²) in [5.41, 5.74) is 10.1. The van der Waals surface area contributed by atoms with Crippen LogP contribution in [0.1, 0.15) is 40.7 Å². The minimum Gasteiger partial charge on any atom is -0.397 e. The Hall–Kier alpha value is -1.92. The minimum atomic E-state index is -0.183. The Morgan fingerprint density at radius 2 is 2.15 bits per heavy atom. The second kappa shape index (κ2) is 7.00. The van der Waals surface area contributed by atoms with Gasteiger partial charge in [0.2, 0.25) is 0 Å². The van der Waals surface area contributed by atoms with E-state index in [0.29, 0.717) is 10.6 Å². The van der Waals surface area contributed by atoms with Gasteiger partial charge >= 0.3 is 0 Å². The molecule has 1 aromatic carbocycles. The quantitative estimate of drug-likeness (QED) is 0.584. The predicted molar refractivity (Wildman–Crippen MR) is 112 cm³/mol. The maximum atomic E-state index is 12.7. The van der Waals surface area contributed by atoms with E-state index in [4.69, 9.17) is 10.7 Å². The van der Waals surface area contributed by atoms with Gasteiger partial charge in [-0.15, -0.1) is 11.3 Å². The van der Waals surface area contributed by atoms with Crippen molar-refractivity contribution in [1.29, 1.82) is 0 Å². The third kappa shape index (κ3) is 3.23. The van der Waals surface area contributed by atoms with Crippen molar-refractivity contribution in [3.05, 3.63) is 50.9 Å². The second-order valence-electron chi connectivity index (χ2n) is 6.77. The lowest BCUT2D eigenvalue weighted by Crippen LogP contribution is -2.14. The molecule has 4 rings (SSSR count). The van der Waals surface area contributed by atoms with Gasteiger partial charge in [-0.2, -0.15) is 0 Å². The van der Waals surface area contributed by atoms with Crippen LogP contribution in [0.15, 0.2) is 34.8 Å². The van der Waals surface area contributed by atoms with E-state index >= 15 is 0 Å². The van der Waals surface area contributed by atoms with Crippen molar-refractivity contribution in [2.45, 2.75) is 32.6 Å². The molecule has 26 heavy (non-hydrogen) atoms. The van der Waals surface area contributed by atoms with Crippen LogP contribution in [0.25, 0.3) is 10.2 Å². The molecule has 6 heteroatoms. The molecule has 3 aromatic rings. The maximum absolute atomic E-state index is 12.7. The second-order valence-corrected chi connectivity index (χ2v) is 8.68. The summed E-state index contributed by atoms with van der Waals surface area (Å²) in [5.74, 6) is 0.541. The molecule has 1 aliphatic rings. The van der Waals surface area contributed by atoms with Gasteiger partial charge in [0.15, 0.2) is 0 Å². The van der Waals surface area contributed by atoms with E-state index in [9.17, 15) is 4.79 Å². The molecule has 0 radical (unpaired) electrons. The molecule has 2 aromatic heterocycles. The summed E-state index contributed by atoms with van der Waals surface area (Å²) < 4.78 is 0.969. The van der Waals surface area contributed by atoms with Crippen molar-refractivity contribution in [3.8, 4) is 0 Å². The average molecular weight is 430 g/mol. The van der Waals surface area contributed by atoms with Gasteiger partial charge in [-0.3, -0.25) is 4.79 Å². The van der Waals surface area contributed by atoms with Crippen LogP contribution >= 0.6 is 27.3 Å². The van der Waals surface area contributed by atoms with E-state index < -0.39 is 0 Å². The third-order valence-electron chi connectivity index (χ3n) is 5.07. The summed E-state index contributed by atoms with van der Waals surface area (Å²) in [6, 6.07) is 9.65. The molecule has 0 aliphatic heterocycles. The van der Waals surface area contributed by atoms with Gasteiger partial charge in [0, 0.05) is 21.2 Å². The normalized spacial score (nSPS) is 16.5. The Bertz CT molecular complexity index is 981. The molecule has 0 spiro atoms. The number of nitrogens with zero attached hydrogens (tertiary/aromatic N) is 1. The first-order valence-electron chi connectivity index (χ1n) is 8.82. The maximum Gasteiger partial charge on any atom is 0.267 e. The number of pyridine rings is 1. The summed E-state index contributed by atoms with van der Waals surface area (Å²) in [6.07, 6.45) is 4.46. The van der Waals surface area contributed by atoms with Gasteiger partial charge in [0.25, 0.3) is 5.91 Å². The average Bonchev–Trinajstić information content (AvgIpc) is 2.97. The van der Waals surface area contributed by atoms with Crippen molar-refractivity contribution in [2.24, 2.45) is 5.92 Å². The molecule has 3 N–H and O–H groups in total. The molecule has 1 amide bonds. The number of thiophene rings is 1. The van der Waals surface area contributed by atoms with Gasteiger partial charge in [0.1, 0.15) is 9.71 Å². The standard InChI is InChI=1S/C20H20BrN3OS/c1-2-11-3-8-16-12(9-11)10-15-17(22)18(26-20(15)24-16)19(25)23-14-6-4-13(21)5-7-14/h4-7,10-11H,2-3,8-9,22H2,1H3,(H,23,25). The van der Waals surface area contributed by atoms with Crippen molar-refractivity contribution in [1.82, 2.24) is 4.98 Å². The molecule has 2 heterocycles. The highest BCUT2D eigenvalue weighted by molar-refractivity contribution is 9.10. The molecule has 1 atom stereocenters. The van der Waals surface area contributed by atoms with Gasteiger partial charge in [-0.25, -0.2) is 4.98 Å². The molecule has 0 bridgehead atoms. The van der Waals surface area contributed by atoms with Crippen molar-refractivity contribution >= 4 is 54.8 Å². The molecule has 4 nitrogen and oxygen atoms in total. The molecule has 0 fully saturated rings. The van der Waals surface area contributed by atoms with E-state index in [2.05, 4.69) is 34.2 Å². The Morgan fingerprint density at radius 3 is 2.88 bits per heavy atom. The largest absolute Gasteiger partial charge is 0.397 e. The van der Waals surface area contributed by atoms with Gasteiger partial charge in [-0.05, 0) is 61.1 Å². The molecular weight excluding hydrogens is 410 g/mol. The molecule has 0 saturated heterocycles. The van der Waals surface area contributed by atoms with E-state index in [1.54, 1.807) is 0 Å². The SMILES string of the molecule is CCC1CCc2nc3sc(C(=O)Nc4ccc(Br)cc4)c(N)c3cc2C1. The van der Waals surface area contributed by atoms with Crippen LogP contribution in [0.5, 0.6) is 0 Å². The molecule has 134 valence electrons. The Kier molecular flexibility index (Phi) is 4.71. The van der Waals surface area contributed by atoms with Gasteiger partial charge in [0.05, 0.1) is 5.69 Å². The zero-order chi connectivity index (χ0) is 18.3. The number of nitrogens with two attached hydrogens (primary N) is 1. The number of halogens is 1. The summed E-state index contributed by atoms with van der Waals surface area (Å²) in [4.78, 5) is 18.9. The van der Waals surface area contributed by atoms with Crippen LogP contribution in [0.4, 0.5) is 11.4 Å². The number of aryl methyl sites for hydroxylation is 1. The summed E-state index contributed by atoms with van der Waals surface area (Å²) >= 11 is 4.77. The topological polar surface area (TPSA) is 68.0 Å². The number of amides is 1. The van der Waals surface area contributed by atoms with Crippen LogP contribution in [-0.2, 0) is 12.8 Å². The smallest absolute Gasteiger partial charge is 0.267 e. The number of carbonyl (C=O) groups is 1.